The standard InChI is InChI=1S/C42H61N8O10P/c1-31(2)50(32(3)4)61(60-23-15-21-43)59-22-12-10-9-11-16-34-24-49(38-20-14-18-36(45-38)25-47(27-39(52)55-6)28-40(53)56-7)46-42(34)37-19-13-17-35(44-37)26-48(29-41(54)57-8)30-58-33(5)51/h13-14,17-20,24,31-32H,9-12,15-16,22-23,25-30H2,1-8H3. The van der Waals surface area contributed by atoms with Crippen LogP contribution in [0.25, 0.3) is 17.2 Å². The number of esters is 4. The third-order valence-electron chi connectivity index (χ3n) is 9.03. The van der Waals surface area contributed by atoms with Crippen molar-refractivity contribution in [2.24, 2.45) is 0 Å². The largest absolute Gasteiger partial charge is 0.468 e. The van der Waals surface area contributed by atoms with Crippen LogP contribution in [-0.4, -0.2) is 131 Å². The summed E-state index contributed by atoms with van der Waals surface area (Å²) in [4.78, 5) is 60.9. The van der Waals surface area contributed by atoms with Crippen LogP contribution in [0.3, 0.4) is 0 Å². The third kappa shape index (κ3) is 17.9. The predicted octanol–water partition coefficient (Wildman–Crippen LogP) is 5.37. The number of rotatable bonds is 28. The molecule has 0 fully saturated rings. The number of pyridine rings is 2. The van der Waals surface area contributed by atoms with E-state index in [1.165, 1.54) is 28.3 Å². The Balaban J connectivity index is 1.86. The Bertz CT molecular complexity index is 1860. The van der Waals surface area contributed by atoms with Crippen LogP contribution in [-0.2, 0) is 66.7 Å². The monoisotopic (exact) mass is 868 g/mol. The fourth-order valence-corrected chi connectivity index (χ4v) is 7.86. The molecule has 19 heteroatoms. The highest BCUT2D eigenvalue weighted by molar-refractivity contribution is 7.44. The summed E-state index contributed by atoms with van der Waals surface area (Å²) in [5.74, 6) is -1.45. The van der Waals surface area contributed by atoms with E-state index in [4.69, 9.17) is 48.3 Å². The summed E-state index contributed by atoms with van der Waals surface area (Å²) in [5, 5.41) is 14.0. The summed E-state index contributed by atoms with van der Waals surface area (Å²) < 4.78 is 35.9. The van der Waals surface area contributed by atoms with Crippen LogP contribution in [0.4, 0.5) is 0 Å². The molecule has 3 aromatic heterocycles. The maximum Gasteiger partial charge on any atom is 0.319 e. The molecule has 0 aliphatic carbocycles. The molecule has 0 radical (unpaired) electrons. The number of carbonyl (C=O) groups excluding carboxylic acids is 4. The fourth-order valence-electron chi connectivity index (χ4n) is 6.23. The summed E-state index contributed by atoms with van der Waals surface area (Å²) in [6, 6.07) is 13.6. The number of aryl methyl sites for hydroxylation is 1. The van der Waals surface area contributed by atoms with Gasteiger partial charge in [-0.1, -0.05) is 25.0 Å². The van der Waals surface area contributed by atoms with E-state index in [0.717, 1.165) is 31.2 Å². The molecule has 0 bridgehead atoms. The van der Waals surface area contributed by atoms with Gasteiger partial charge in [0.25, 0.3) is 8.53 Å². The molecule has 61 heavy (non-hydrogen) atoms. The quantitative estimate of drug-likeness (QED) is 0.0296. The first kappa shape index (κ1) is 50.5. The lowest BCUT2D eigenvalue weighted by atomic mass is 10.0. The third-order valence-corrected chi connectivity index (χ3v) is 11.1. The Morgan fingerprint density at radius 1 is 0.770 bits per heavy atom. The lowest BCUT2D eigenvalue weighted by Crippen LogP contribution is -2.35. The van der Waals surface area contributed by atoms with Gasteiger partial charge in [0, 0.05) is 43.9 Å². The van der Waals surface area contributed by atoms with E-state index in [9.17, 15) is 19.2 Å². The number of unbranched alkanes of at least 4 members (excludes halogenated alkanes) is 3. The Labute approximate surface area is 360 Å². The minimum absolute atomic E-state index is 0.108. The van der Waals surface area contributed by atoms with Gasteiger partial charge in [0.05, 0.1) is 83.7 Å². The van der Waals surface area contributed by atoms with Crippen molar-refractivity contribution in [3.8, 4) is 23.3 Å². The Morgan fingerprint density at radius 3 is 1.95 bits per heavy atom. The molecular weight excluding hydrogens is 807 g/mol. The minimum atomic E-state index is -1.30. The number of nitriles is 1. The van der Waals surface area contributed by atoms with Crippen molar-refractivity contribution in [1.82, 2.24) is 34.2 Å². The summed E-state index contributed by atoms with van der Waals surface area (Å²) in [6.07, 6.45) is 6.48. The maximum atomic E-state index is 12.2. The zero-order chi connectivity index (χ0) is 44.7. The lowest BCUT2D eigenvalue weighted by Gasteiger charge is -2.35. The molecule has 0 aliphatic rings. The van der Waals surface area contributed by atoms with Gasteiger partial charge >= 0.3 is 23.9 Å². The molecule has 3 heterocycles. The van der Waals surface area contributed by atoms with Crippen molar-refractivity contribution in [3.63, 3.8) is 0 Å². The van der Waals surface area contributed by atoms with Crippen LogP contribution < -0.4 is 0 Å². The number of ether oxygens (including phenoxy) is 4. The number of aromatic nitrogens is 4. The summed E-state index contributed by atoms with van der Waals surface area (Å²) in [7, 11) is 2.57. The van der Waals surface area contributed by atoms with Crippen molar-refractivity contribution in [2.75, 3.05) is 60.9 Å². The number of carbonyl (C=O) groups is 4. The van der Waals surface area contributed by atoms with E-state index in [0.29, 0.717) is 54.6 Å². The van der Waals surface area contributed by atoms with E-state index in [-0.39, 0.29) is 51.5 Å². The van der Waals surface area contributed by atoms with Crippen molar-refractivity contribution >= 4 is 32.4 Å². The molecule has 0 spiro atoms. The van der Waals surface area contributed by atoms with Crippen molar-refractivity contribution < 1.29 is 47.2 Å². The van der Waals surface area contributed by atoms with Crippen LogP contribution in [0, 0.1) is 11.3 Å². The first-order chi connectivity index (χ1) is 29.3. The minimum Gasteiger partial charge on any atom is -0.468 e. The SMILES string of the molecule is COC(=O)CN(COC(C)=O)Cc1cccc(-c2nn(-c3cccc(CN(CC(=O)OC)CC(=O)OC)n3)cc2CCCCCCOP(OCCC#N)N(C(C)C)C(C)C)n1. The van der Waals surface area contributed by atoms with E-state index in [2.05, 4.69) is 38.4 Å². The Morgan fingerprint density at radius 2 is 1.34 bits per heavy atom. The van der Waals surface area contributed by atoms with Gasteiger partial charge in [0.1, 0.15) is 12.4 Å². The van der Waals surface area contributed by atoms with Crippen molar-refractivity contribution in [1.29, 1.82) is 5.26 Å². The molecule has 334 valence electrons. The highest BCUT2D eigenvalue weighted by atomic mass is 31.2. The van der Waals surface area contributed by atoms with E-state index in [1.807, 2.05) is 36.5 Å². The highest BCUT2D eigenvalue weighted by Crippen LogP contribution is 2.46. The van der Waals surface area contributed by atoms with Crippen LogP contribution in [0.1, 0.15) is 83.7 Å². The number of hydrogen-bond acceptors (Lipinski definition) is 17. The van der Waals surface area contributed by atoms with E-state index >= 15 is 0 Å². The first-order valence-corrected chi connectivity index (χ1v) is 21.4. The maximum absolute atomic E-state index is 12.2. The second-order valence-corrected chi connectivity index (χ2v) is 16.1. The average Bonchev–Trinajstić information content (AvgIpc) is 3.66. The molecular formula is C42H61N8O10P. The Kier molecular flexibility index (Phi) is 22.5. The number of hydrogen-bond donors (Lipinski definition) is 0. The zero-order valence-electron chi connectivity index (χ0n) is 36.7. The summed E-state index contributed by atoms with van der Waals surface area (Å²) in [6.45, 7) is 10.5. The topological polar surface area (TPSA) is 201 Å². The van der Waals surface area contributed by atoms with Crippen LogP contribution in [0.5, 0.6) is 0 Å². The average molecular weight is 869 g/mol. The molecule has 0 aromatic carbocycles. The van der Waals surface area contributed by atoms with Crippen LogP contribution in [0.2, 0.25) is 0 Å². The molecule has 0 aliphatic heterocycles. The van der Waals surface area contributed by atoms with E-state index < -0.39 is 32.4 Å². The van der Waals surface area contributed by atoms with Gasteiger partial charge < -0.3 is 28.0 Å². The Hall–Kier alpha value is -4.89. The molecule has 0 N–H and O–H groups in total. The van der Waals surface area contributed by atoms with E-state index in [1.54, 1.807) is 20.5 Å². The first-order valence-electron chi connectivity index (χ1n) is 20.3. The number of methoxy groups -OCH3 is 3. The van der Waals surface area contributed by atoms with Gasteiger partial charge in [0.15, 0.2) is 5.82 Å². The van der Waals surface area contributed by atoms with Gasteiger partial charge in [-0.25, -0.2) is 19.3 Å². The molecule has 0 saturated heterocycles. The van der Waals surface area contributed by atoms with Crippen LogP contribution in [0.15, 0.2) is 42.6 Å². The van der Waals surface area contributed by atoms with Gasteiger partial charge in [-0.2, -0.15) is 10.4 Å². The summed E-state index contributed by atoms with van der Waals surface area (Å²) in [5.41, 5.74) is 3.41. The molecule has 0 amide bonds. The van der Waals surface area contributed by atoms with Gasteiger partial charge in [-0.3, -0.25) is 29.0 Å². The molecule has 18 nitrogen and oxygen atoms in total. The molecule has 3 rings (SSSR count). The zero-order valence-corrected chi connectivity index (χ0v) is 37.6. The molecule has 0 saturated carbocycles. The van der Waals surface area contributed by atoms with Crippen LogP contribution >= 0.6 is 8.53 Å². The predicted molar refractivity (Wildman–Crippen MR) is 226 cm³/mol. The van der Waals surface area contributed by atoms with Crippen molar-refractivity contribution in [2.45, 2.75) is 98.3 Å². The summed E-state index contributed by atoms with van der Waals surface area (Å²) >= 11 is 0. The second kappa shape index (κ2) is 27.1. The smallest absolute Gasteiger partial charge is 0.319 e. The fraction of sp³-hybridized carbons (Fsp3) is 0.571. The molecule has 1 atom stereocenters. The highest BCUT2D eigenvalue weighted by Gasteiger charge is 2.27. The lowest BCUT2D eigenvalue weighted by molar-refractivity contribution is -0.151. The second-order valence-electron chi connectivity index (χ2n) is 14.6. The number of nitrogens with zero attached hydrogens (tertiary/aromatic N) is 8. The normalized spacial score (nSPS) is 11.9. The van der Waals surface area contributed by atoms with Crippen molar-refractivity contribution in [3.05, 3.63) is 59.5 Å². The molecule has 3 aromatic rings. The van der Waals surface area contributed by atoms with Gasteiger partial charge in [0.2, 0.25) is 0 Å². The molecule has 1 unspecified atom stereocenters. The van der Waals surface area contributed by atoms with Gasteiger partial charge in [-0.05, 0) is 71.2 Å². The van der Waals surface area contributed by atoms with Gasteiger partial charge in [-0.15, -0.1) is 0 Å².